The Hall–Kier alpha value is -1.70. The lowest BCUT2D eigenvalue weighted by atomic mass is 10.0. The quantitative estimate of drug-likeness (QED) is 0.850. The van der Waals surface area contributed by atoms with Crippen molar-refractivity contribution in [2.75, 3.05) is 6.54 Å². The molecule has 0 radical (unpaired) electrons. The molecular weight excluding hydrogens is 309 g/mol. The zero-order valence-corrected chi connectivity index (χ0v) is 13.2. The van der Waals surface area contributed by atoms with Gasteiger partial charge in [-0.3, -0.25) is 0 Å². The third-order valence-corrected chi connectivity index (χ3v) is 4.77. The van der Waals surface area contributed by atoms with E-state index >= 15 is 0 Å². The molecule has 120 valence electrons. The van der Waals surface area contributed by atoms with Gasteiger partial charge < -0.3 is 9.52 Å². The first-order chi connectivity index (χ1) is 10.2. The molecule has 2 N–H and O–H groups in total. The highest BCUT2D eigenvalue weighted by molar-refractivity contribution is 7.89. The Labute approximate surface area is 128 Å². The van der Waals surface area contributed by atoms with Crippen LogP contribution in [-0.2, 0) is 16.4 Å². The molecule has 0 aliphatic rings. The lowest BCUT2D eigenvalue weighted by Crippen LogP contribution is -2.42. The third-order valence-electron chi connectivity index (χ3n) is 3.20. The summed E-state index contributed by atoms with van der Waals surface area (Å²) in [5.74, 6) is 0.0587. The van der Waals surface area contributed by atoms with Crippen molar-refractivity contribution in [3.63, 3.8) is 0 Å². The van der Waals surface area contributed by atoms with E-state index in [2.05, 4.69) is 4.72 Å². The molecule has 7 heteroatoms. The first kappa shape index (κ1) is 16.7. The fourth-order valence-corrected chi connectivity index (χ4v) is 3.48. The Morgan fingerprint density at radius 3 is 2.68 bits per heavy atom. The number of nitrogens with one attached hydrogen (secondary N) is 1. The smallest absolute Gasteiger partial charge is 0.240 e. The molecule has 2 rings (SSSR count). The van der Waals surface area contributed by atoms with E-state index in [1.165, 1.54) is 26.2 Å². The molecule has 0 fully saturated rings. The van der Waals surface area contributed by atoms with E-state index < -0.39 is 21.4 Å². The highest BCUT2D eigenvalue weighted by Crippen LogP contribution is 2.18. The van der Waals surface area contributed by atoms with Gasteiger partial charge in [0.15, 0.2) is 0 Å². The summed E-state index contributed by atoms with van der Waals surface area (Å²) in [5.41, 5.74) is -1.00. The predicted molar refractivity (Wildman–Crippen MR) is 79.4 cm³/mol. The van der Waals surface area contributed by atoms with Crippen molar-refractivity contribution in [1.29, 1.82) is 0 Å². The Morgan fingerprint density at radius 1 is 1.36 bits per heavy atom. The van der Waals surface area contributed by atoms with E-state index in [-0.39, 0.29) is 17.9 Å². The maximum absolute atomic E-state index is 13.1. The summed E-state index contributed by atoms with van der Waals surface area (Å²) in [6.45, 7) is 2.83. The summed E-state index contributed by atoms with van der Waals surface area (Å²) in [7, 11) is -3.83. The van der Waals surface area contributed by atoms with Crippen molar-refractivity contribution in [3.05, 3.63) is 53.7 Å². The molecule has 0 amide bonds. The van der Waals surface area contributed by atoms with Gasteiger partial charge in [-0.1, -0.05) is 0 Å². The molecule has 0 bridgehead atoms. The molecule has 0 saturated carbocycles. The normalized spacial score (nSPS) is 14.7. The zero-order chi connectivity index (χ0) is 16.4. The largest absolute Gasteiger partial charge is 0.469 e. The van der Waals surface area contributed by atoms with Crippen LogP contribution in [0.1, 0.15) is 18.2 Å². The van der Waals surface area contributed by atoms with Crippen molar-refractivity contribution >= 4 is 10.0 Å². The van der Waals surface area contributed by atoms with Crippen LogP contribution in [0.3, 0.4) is 0 Å². The number of halogens is 1. The van der Waals surface area contributed by atoms with Crippen LogP contribution in [0.5, 0.6) is 0 Å². The molecule has 1 heterocycles. The minimum Gasteiger partial charge on any atom is -0.469 e. The third kappa shape index (κ3) is 4.16. The summed E-state index contributed by atoms with van der Waals surface area (Å²) < 4.78 is 45.0. The minimum atomic E-state index is -3.83. The van der Waals surface area contributed by atoms with E-state index in [0.29, 0.717) is 11.3 Å². The first-order valence-electron chi connectivity index (χ1n) is 6.70. The summed E-state index contributed by atoms with van der Waals surface area (Å²) in [4.78, 5) is -0.0114. The molecule has 1 atom stereocenters. The van der Waals surface area contributed by atoms with Gasteiger partial charge >= 0.3 is 0 Å². The van der Waals surface area contributed by atoms with Crippen molar-refractivity contribution < 1.29 is 22.3 Å². The number of hydrogen-bond donors (Lipinski definition) is 2. The first-order valence-corrected chi connectivity index (χ1v) is 8.18. The summed E-state index contributed by atoms with van der Waals surface area (Å²) in [6.07, 6.45) is 1.66. The lowest BCUT2D eigenvalue weighted by molar-refractivity contribution is 0.0603. The van der Waals surface area contributed by atoms with Gasteiger partial charge in [0.2, 0.25) is 10.0 Å². The molecular formula is C15H18FNO4S. The number of furan rings is 1. The molecule has 5 nitrogen and oxygen atoms in total. The van der Waals surface area contributed by atoms with Crippen molar-refractivity contribution in [3.8, 4) is 0 Å². The Morgan fingerprint density at radius 2 is 2.09 bits per heavy atom. The van der Waals surface area contributed by atoms with Crippen molar-refractivity contribution in [1.82, 2.24) is 4.72 Å². The number of aliphatic hydroxyl groups is 1. The highest BCUT2D eigenvalue weighted by Gasteiger charge is 2.26. The number of benzene rings is 1. The molecule has 1 aromatic carbocycles. The molecule has 2 aromatic rings. The monoisotopic (exact) mass is 327 g/mol. The minimum absolute atomic E-state index is 0.0114. The van der Waals surface area contributed by atoms with Crippen LogP contribution < -0.4 is 4.72 Å². The molecule has 0 spiro atoms. The SMILES string of the molecule is Cc1cc(F)ccc1S(=O)(=O)NC[C@](C)(O)Cc1ccco1. The Bertz CT molecular complexity index is 739. The summed E-state index contributed by atoms with van der Waals surface area (Å²) in [6, 6.07) is 6.83. The van der Waals surface area contributed by atoms with Crippen LogP contribution in [0.2, 0.25) is 0 Å². The highest BCUT2D eigenvalue weighted by atomic mass is 32.2. The van der Waals surface area contributed by atoms with Gasteiger partial charge in [0.05, 0.1) is 16.8 Å². The maximum Gasteiger partial charge on any atom is 0.240 e. The number of rotatable bonds is 6. The topological polar surface area (TPSA) is 79.5 Å². The number of aryl methyl sites for hydroxylation is 1. The van der Waals surface area contributed by atoms with Gasteiger partial charge in [-0.2, -0.15) is 0 Å². The fourth-order valence-electron chi connectivity index (χ4n) is 2.09. The second-order valence-electron chi connectivity index (χ2n) is 5.49. The van der Waals surface area contributed by atoms with E-state index in [1.807, 2.05) is 0 Å². The van der Waals surface area contributed by atoms with Crippen molar-refractivity contribution in [2.45, 2.75) is 30.8 Å². The molecule has 0 saturated heterocycles. The maximum atomic E-state index is 13.1. The number of hydrogen-bond acceptors (Lipinski definition) is 4. The summed E-state index contributed by atoms with van der Waals surface area (Å²) in [5, 5.41) is 10.3. The Kier molecular flexibility index (Phi) is 4.69. The van der Waals surface area contributed by atoms with Gasteiger partial charge in [0.25, 0.3) is 0 Å². The Balaban J connectivity index is 2.08. The van der Waals surface area contributed by atoms with Gasteiger partial charge in [0.1, 0.15) is 11.6 Å². The standard InChI is InChI=1S/C15H18FNO4S/c1-11-8-12(16)5-6-14(11)22(19,20)17-10-15(2,18)9-13-4-3-7-21-13/h3-8,17-18H,9-10H2,1-2H3/t15-/m1/s1. The van der Waals surface area contributed by atoms with E-state index in [0.717, 1.165) is 12.1 Å². The second-order valence-corrected chi connectivity index (χ2v) is 7.22. The molecule has 0 unspecified atom stereocenters. The van der Waals surface area contributed by atoms with Crippen LogP contribution in [0.4, 0.5) is 4.39 Å². The average Bonchev–Trinajstić information content (AvgIpc) is 2.88. The van der Waals surface area contributed by atoms with Crippen LogP contribution in [-0.4, -0.2) is 25.7 Å². The second kappa shape index (κ2) is 6.20. The van der Waals surface area contributed by atoms with Gasteiger partial charge in [-0.25, -0.2) is 17.5 Å². The zero-order valence-electron chi connectivity index (χ0n) is 12.3. The van der Waals surface area contributed by atoms with Crippen molar-refractivity contribution in [2.24, 2.45) is 0 Å². The molecule has 0 aliphatic carbocycles. The van der Waals surface area contributed by atoms with Gasteiger partial charge in [0, 0.05) is 13.0 Å². The van der Waals surface area contributed by atoms with Crippen LogP contribution in [0, 0.1) is 12.7 Å². The molecule has 1 aromatic heterocycles. The fraction of sp³-hybridized carbons (Fsp3) is 0.333. The van der Waals surface area contributed by atoms with Crippen LogP contribution >= 0.6 is 0 Å². The van der Waals surface area contributed by atoms with E-state index in [1.54, 1.807) is 12.1 Å². The lowest BCUT2D eigenvalue weighted by Gasteiger charge is -2.22. The van der Waals surface area contributed by atoms with Crippen LogP contribution in [0.25, 0.3) is 0 Å². The van der Waals surface area contributed by atoms with Gasteiger partial charge in [-0.15, -0.1) is 0 Å². The van der Waals surface area contributed by atoms with Gasteiger partial charge in [-0.05, 0) is 49.7 Å². The van der Waals surface area contributed by atoms with Crippen LogP contribution in [0.15, 0.2) is 45.9 Å². The predicted octanol–water partition coefficient (Wildman–Crippen LogP) is 2.00. The number of sulfonamides is 1. The average molecular weight is 327 g/mol. The molecule has 22 heavy (non-hydrogen) atoms. The molecule has 0 aliphatic heterocycles. The summed E-state index contributed by atoms with van der Waals surface area (Å²) >= 11 is 0. The van der Waals surface area contributed by atoms with E-state index in [4.69, 9.17) is 4.42 Å². The van der Waals surface area contributed by atoms with E-state index in [9.17, 15) is 17.9 Å².